The number of halogens is 1. The first-order valence-electron chi connectivity index (χ1n) is 10.1. The minimum Gasteiger partial charge on any atom is -0.480 e. The van der Waals surface area contributed by atoms with Gasteiger partial charge in [-0.2, -0.15) is 0 Å². The quantitative estimate of drug-likeness (QED) is 0.230. The molecule has 0 fully saturated rings. The highest BCUT2D eigenvalue weighted by atomic mass is 35.5. The average molecular weight is 429 g/mol. The summed E-state index contributed by atoms with van der Waals surface area (Å²) in [6.45, 7) is 6.00. The van der Waals surface area contributed by atoms with Gasteiger partial charge in [0.15, 0.2) is 17.2 Å². The van der Waals surface area contributed by atoms with Crippen LogP contribution in [0.3, 0.4) is 0 Å². The number of benzene rings is 2. The summed E-state index contributed by atoms with van der Waals surface area (Å²) in [7, 11) is 0. The third-order valence-electron chi connectivity index (χ3n) is 4.69. The lowest BCUT2D eigenvalue weighted by atomic mass is 9.97. The molecule has 0 aromatic heterocycles. The third-order valence-corrected chi connectivity index (χ3v) is 4.94. The summed E-state index contributed by atoms with van der Waals surface area (Å²) >= 11 is 5.87. The number of ketones is 2. The molecule has 160 valence electrons. The molecule has 0 atom stereocenters. The second-order valence-electron chi connectivity index (χ2n) is 7.73. The highest BCUT2D eigenvalue weighted by Crippen LogP contribution is 2.23. The Kier molecular flexibility index (Phi) is 8.60. The molecule has 2 rings (SSSR count). The predicted molar refractivity (Wildman–Crippen MR) is 122 cm³/mol. The molecule has 0 amide bonds. The largest absolute Gasteiger partial charge is 0.480 e. The Labute approximate surface area is 183 Å². The van der Waals surface area contributed by atoms with Crippen LogP contribution in [0.4, 0.5) is 0 Å². The first kappa shape index (κ1) is 23.6. The number of hydrogen-bond donors (Lipinski definition) is 1. The Morgan fingerprint density at radius 3 is 2.10 bits per heavy atom. The molecule has 2 N–H and O–H groups in total. The van der Waals surface area contributed by atoms with Crippen LogP contribution in [0.2, 0.25) is 5.02 Å². The number of unbranched alkanes of at least 4 members (excludes halogenated alkanes) is 2. The van der Waals surface area contributed by atoms with E-state index >= 15 is 0 Å². The van der Waals surface area contributed by atoms with Crippen molar-refractivity contribution in [2.24, 2.45) is 10.7 Å². The molecule has 0 saturated heterocycles. The van der Waals surface area contributed by atoms with Gasteiger partial charge in [0.2, 0.25) is 0 Å². The number of carbonyl (C=O) groups excluding carboxylic acids is 2. The zero-order valence-corrected chi connectivity index (χ0v) is 18.5. The van der Waals surface area contributed by atoms with Gasteiger partial charge in [0, 0.05) is 29.1 Å². The van der Waals surface area contributed by atoms with Crippen molar-refractivity contribution >= 4 is 29.0 Å². The van der Waals surface area contributed by atoms with E-state index in [1.54, 1.807) is 69.3 Å². The van der Waals surface area contributed by atoms with E-state index in [4.69, 9.17) is 22.1 Å². The zero-order valence-electron chi connectivity index (χ0n) is 17.8. The second-order valence-corrected chi connectivity index (χ2v) is 8.17. The average Bonchev–Trinajstić information content (AvgIpc) is 2.70. The fraction of sp³-hybridized carbons (Fsp3) is 0.375. The monoisotopic (exact) mass is 428 g/mol. The van der Waals surface area contributed by atoms with Crippen LogP contribution in [0.1, 0.15) is 62.4 Å². The fourth-order valence-electron chi connectivity index (χ4n) is 2.92. The van der Waals surface area contributed by atoms with Crippen LogP contribution in [0.5, 0.6) is 5.75 Å². The molecule has 2 aromatic carbocycles. The molecule has 30 heavy (non-hydrogen) atoms. The van der Waals surface area contributed by atoms with Crippen molar-refractivity contribution in [1.29, 1.82) is 0 Å². The van der Waals surface area contributed by atoms with E-state index in [9.17, 15) is 9.59 Å². The Morgan fingerprint density at radius 1 is 0.967 bits per heavy atom. The van der Waals surface area contributed by atoms with Crippen LogP contribution in [0, 0.1) is 0 Å². The van der Waals surface area contributed by atoms with Gasteiger partial charge in [-0.3, -0.25) is 14.6 Å². The summed E-state index contributed by atoms with van der Waals surface area (Å²) < 4.78 is 5.91. The fourth-order valence-corrected chi connectivity index (χ4v) is 3.05. The van der Waals surface area contributed by atoms with Gasteiger partial charge in [-0.25, -0.2) is 0 Å². The van der Waals surface area contributed by atoms with E-state index in [1.165, 1.54) is 0 Å². The first-order valence-corrected chi connectivity index (χ1v) is 10.5. The third kappa shape index (κ3) is 7.30. The number of carbonyl (C=O) groups is 2. The Balaban J connectivity index is 1.88. The number of ether oxygens (including phenoxy) is 1. The zero-order chi connectivity index (χ0) is 22.1. The van der Waals surface area contributed by atoms with Gasteiger partial charge in [-0.15, -0.1) is 0 Å². The van der Waals surface area contributed by atoms with Gasteiger partial charge in [0.1, 0.15) is 5.75 Å². The van der Waals surface area contributed by atoms with Crippen molar-refractivity contribution in [2.45, 2.75) is 52.1 Å². The lowest BCUT2D eigenvalue weighted by molar-refractivity contribution is -0.132. The van der Waals surface area contributed by atoms with Gasteiger partial charge in [0.05, 0.1) is 5.84 Å². The Hall–Kier alpha value is -2.66. The number of nitrogens with two attached hydrogens (primary N) is 1. The van der Waals surface area contributed by atoms with Gasteiger partial charge >= 0.3 is 0 Å². The van der Waals surface area contributed by atoms with Crippen molar-refractivity contribution in [2.75, 3.05) is 6.54 Å². The molecule has 0 spiro atoms. The second kappa shape index (κ2) is 10.9. The summed E-state index contributed by atoms with van der Waals surface area (Å²) in [5.41, 5.74) is 5.68. The number of amidine groups is 1. The Bertz CT molecular complexity index is 884. The van der Waals surface area contributed by atoms with Crippen LogP contribution < -0.4 is 10.5 Å². The molecule has 0 radical (unpaired) electrons. The summed E-state index contributed by atoms with van der Waals surface area (Å²) in [5.74, 6) is 1.08. The molecule has 5 nitrogen and oxygen atoms in total. The smallest absolute Gasteiger partial charge is 0.193 e. The van der Waals surface area contributed by atoms with Crippen LogP contribution in [0.25, 0.3) is 0 Å². The van der Waals surface area contributed by atoms with Gasteiger partial charge in [-0.05, 0) is 82.1 Å². The van der Waals surface area contributed by atoms with E-state index < -0.39 is 5.60 Å². The maximum atomic E-state index is 12.6. The number of rotatable bonds is 11. The molecule has 0 saturated carbocycles. The van der Waals surface area contributed by atoms with E-state index in [0.717, 1.165) is 19.3 Å². The van der Waals surface area contributed by atoms with E-state index in [0.29, 0.717) is 40.7 Å². The summed E-state index contributed by atoms with van der Waals surface area (Å²) in [5, 5.41) is 0.585. The van der Waals surface area contributed by atoms with E-state index in [2.05, 4.69) is 4.99 Å². The van der Waals surface area contributed by atoms with Crippen LogP contribution in [-0.4, -0.2) is 29.5 Å². The minimum atomic E-state index is -0.937. The van der Waals surface area contributed by atoms with Crippen LogP contribution >= 0.6 is 11.6 Å². The van der Waals surface area contributed by atoms with Crippen molar-refractivity contribution in [1.82, 2.24) is 0 Å². The first-order chi connectivity index (χ1) is 14.2. The number of hydrogen-bond acceptors (Lipinski definition) is 4. The standard InChI is InChI=1S/C24H29ClN2O3/c1-17(26)27-16-6-4-5-7-22(28)24(2,3)30-21-14-10-19(11-15-21)23(29)18-8-12-20(25)13-9-18/h8-15H,4-7,16H2,1-3H3,(H2,26,27). The summed E-state index contributed by atoms with van der Waals surface area (Å²) in [6, 6.07) is 13.6. The number of Topliss-reactive ketones (excluding diaryl/α,β-unsaturated/α-hetero) is 1. The van der Waals surface area contributed by atoms with Crippen molar-refractivity contribution in [3.8, 4) is 5.75 Å². The molecular weight excluding hydrogens is 400 g/mol. The van der Waals surface area contributed by atoms with Crippen molar-refractivity contribution in [3.05, 3.63) is 64.7 Å². The summed E-state index contributed by atoms with van der Waals surface area (Å²) in [6.07, 6.45) is 3.07. The number of aliphatic imine (C=N–C) groups is 1. The van der Waals surface area contributed by atoms with E-state index in [-0.39, 0.29) is 11.6 Å². The van der Waals surface area contributed by atoms with Crippen molar-refractivity contribution < 1.29 is 14.3 Å². The van der Waals surface area contributed by atoms with Gasteiger partial charge < -0.3 is 10.5 Å². The van der Waals surface area contributed by atoms with Gasteiger partial charge in [0.25, 0.3) is 0 Å². The number of nitrogens with zero attached hydrogens (tertiary/aromatic N) is 1. The summed E-state index contributed by atoms with van der Waals surface area (Å²) in [4.78, 5) is 29.2. The molecule has 2 aromatic rings. The normalized spacial score (nSPS) is 11.9. The highest BCUT2D eigenvalue weighted by molar-refractivity contribution is 6.30. The lowest BCUT2D eigenvalue weighted by Crippen LogP contribution is -2.38. The SMILES string of the molecule is CC(N)=NCCCCCC(=O)C(C)(C)Oc1ccc(C(=O)c2ccc(Cl)cc2)cc1. The van der Waals surface area contributed by atoms with Crippen LogP contribution in [-0.2, 0) is 4.79 Å². The molecular formula is C24H29ClN2O3. The van der Waals surface area contributed by atoms with Gasteiger partial charge in [-0.1, -0.05) is 18.0 Å². The topological polar surface area (TPSA) is 81.8 Å². The van der Waals surface area contributed by atoms with E-state index in [1.807, 2.05) is 0 Å². The predicted octanol–water partition coefficient (Wildman–Crippen LogP) is 5.24. The highest BCUT2D eigenvalue weighted by Gasteiger charge is 2.29. The van der Waals surface area contributed by atoms with Crippen molar-refractivity contribution in [3.63, 3.8) is 0 Å². The maximum Gasteiger partial charge on any atom is 0.193 e. The molecule has 0 unspecified atom stereocenters. The minimum absolute atomic E-state index is 0.0438. The van der Waals surface area contributed by atoms with Crippen LogP contribution in [0.15, 0.2) is 53.5 Å². The molecule has 0 aliphatic carbocycles. The maximum absolute atomic E-state index is 12.6. The molecule has 6 heteroatoms. The Morgan fingerprint density at radius 2 is 1.53 bits per heavy atom. The lowest BCUT2D eigenvalue weighted by Gasteiger charge is -2.25. The molecule has 0 heterocycles. The molecule has 0 bridgehead atoms. The molecule has 0 aliphatic heterocycles. The molecule has 0 aliphatic rings.